The van der Waals surface area contributed by atoms with E-state index >= 15 is 0 Å². The second-order valence-corrected chi connectivity index (χ2v) is 8.40. The molecule has 3 rings (SSSR count). The van der Waals surface area contributed by atoms with Crippen molar-refractivity contribution >= 4 is 16.1 Å². The van der Waals surface area contributed by atoms with Gasteiger partial charge in [0.1, 0.15) is 16.5 Å². The van der Waals surface area contributed by atoms with Crippen LogP contribution in [0.2, 0.25) is 0 Å². The van der Waals surface area contributed by atoms with E-state index in [1.807, 2.05) is 4.72 Å². The molecule has 11 heteroatoms. The number of benzene rings is 1. The highest BCUT2D eigenvalue weighted by Gasteiger charge is 2.32. The van der Waals surface area contributed by atoms with E-state index in [1.54, 1.807) is 19.1 Å². The Labute approximate surface area is 167 Å². The number of carbonyl (C=O) groups is 1. The normalized spacial score (nSPS) is 14.0. The van der Waals surface area contributed by atoms with E-state index in [0.29, 0.717) is 22.5 Å². The van der Waals surface area contributed by atoms with Crippen molar-refractivity contribution in [3.05, 3.63) is 40.1 Å². The van der Waals surface area contributed by atoms with Gasteiger partial charge >= 0.3 is 11.7 Å². The smallest absolute Gasteiger partial charge is 0.360 e. The second kappa shape index (κ2) is 8.36. The van der Waals surface area contributed by atoms with Crippen LogP contribution in [-0.4, -0.2) is 42.1 Å². The molecule has 1 aliphatic carbocycles. The van der Waals surface area contributed by atoms with E-state index in [1.165, 1.54) is 17.7 Å². The first kappa shape index (κ1) is 21.0. The van der Waals surface area contributed by atoms with Crippen molar-refractivity contribution in [1.29, 1.82) is 0 Å². The van der Waals surface area contributed by atoms with Crippen LogP contribution >= 0.6 is 0 Å². The number of aryl methyl sites for hydroxylation is 1. The fourth-order valence-electron chi connectivity index (χ4n) is 2.99. The van der Waals surface area contributed by atoms with E-state index in [4.69, 9.17) is 4.74 Å². The van der Waals surface area contributed by atoms with E-state index in [2.05, 4.69) is 5.10 Å². The van der Waals surface area contributed by atoms with Crippen LogP contribution in [0.25, 0.3) is 0 Å². The number of carbonyl (C=O) groups excluding carboxylic acids is 1. The molecule has 158 valence electrons. The molecule has 0 saturated heterocycles. The first-order valence-corrected chi connectivity index (χ1v) is 10.8. The number of alkyl halides is 1. The number of aromatic nitrogens is 3. The summed E-state index contributed by atoms with van der Waals surface area (Å²) in [4.78, 5) is 24.6. The van der Waals surface area contributed by atoms with Crippen LogP contribution in [0.3, 0.4) is 0 Å². The number of nitrogens with one attached hydrogen (secondary N) is 1. The maximum absolute atomic E-state index is 13.0. The van der Waals surface area contributed by atoms with Gasteiger partial charge in [-0.1, -0.05) is 19.1 Å². The van der Waals surface area contributed by atoms with E-state index in [-0.39, 0.29) is 29.6 Å². The van der Waals surface area contributed by atoms with Crippen LogP contribution < -0.4 is 15.1 Å². The van der Waals surface area contributed by atoms with Crippen LogP contribution in [0.4, 0.5) is 9.18 Å². The monoisotopic (exact) mass is 426 g/mol. The summed E-state index contributed by atoms with van der Waals surface area (Å²) in [6, 6.07) is 3.49. The molecule has 0 spiro atoms. The number of sulfonamides is 1. The number of rotatable bonds is 8. The predicted octanol–water partition coefficient (Wildman–Crippen LogP) is 1.71. The summed E-state index contributed by atoms with van der Waals surface area (Å²) in [6.07, 6.45) is 2.21. The molecular weight excluding hydrogens is 403 g/mol. The summed E-state index contributed by atoms with van der Waals surface area (Å²) in [5.41, 5.74) is -0.294. The molecule has 0 bridgehead atoms. The molecule has 0 unspecified atom stereocenters. The molecular formula is C18H23FN4O5S. The molecule has 0 atom stereocenters. The maximum Gasteiger partial charge on any atom is 0.360 e. The Kier molecular flexibility index (Phi) is 6.06. The molecule has 29 heavy (non-hydrogen) atoms. The third kappa shape index (κ3) is 4.34. The standard InChI is InChI=1S/C18H23FN4O5S/c1-3-12-6-4-7-14(28-11-5-10-19)15(12)29(26,27)21-17(24)23-18(25)22(2)16(20-23)13-8-9-13/h4,6-7,13H,3,5,8-11H2,1-2H3,(H,21,24). The Bertz CT molecular complexity index is 1070. The zero-order valence-electron chi connectivity index (χ0n) is 16.2. The highest BCUT2D eigenvalue weighted by Crippen LogP contribution is 2.38. The SMILES string of the molecule is CCc1cccc(OCCCF)c1S(=O)(=O)NC(=O)n1nc(C2CC2)n(C)c1=O. The fraction of sp³-hybridized carbons (Fsp3) is 0.500. The third-order valence-electron chi connectivity index (χ3n) is 4.62. The molecule has 1 N–H and O–H groups in total. The molecule has 1 aromatic carbocycles. The van der Waals surface area contributed by atoms with Crippen LogP contribution in [0.15, 0.2) is 27.9 Å². The predicted molar refractivity (Wildman–Crippen MR) is 102 cm³/mol. The van der Waals surface area contributed by atoms with Crippen LogP contribution in [0, 0.1) is 0 Å². The molecule has 1 heterocycles. The van der Waals surface area contributed by atoms with Gasteiger partial charge in [0, 0.05) is 19.4 Å². The lowest BCUT2D eigenvalue weighted by Crippen LogP contribution is -2.40. The van der Waals surface area contributed by atoms with E-state index in [9.17, 15) is 22.4 Å². The molecule has 1 saturated carbocycles. The first-order valence-electron chi connectivity index (χ1n) is 9.33. The number of hydrogen-bond donors (Lipinski definition) is 1. The van der Waals surface area contributed by atoms with Gasteiger partial charge in [-0.05, 0) is 30.9 Å². The highest BCUT2D eigenvalue weighted by molar-refractivity contribution is 7.90. The van der Waals surface area contributed by atoms with Gasteiger partial charge in [-0.2, -0.15) is 0 Å². The zero-order valence-corrected chi connectivity index (χ0v) is 17.0. The molecule has 1 aliphatic rings. The van der Waals surface area contributed by atoms with Crippen molar-refractivity contribution in [3.8, 4) is 5.75 Å². The lowest BCUT2D eigenvalue weighted by Gasteiger charge is -2.15. The third-order valence-corrected chi connectivity index (χ3v) is 6.06. The second-order valence-electron chi connectivity index (χ2n) is 6.79. The van der Waals surface area contributed by atoms with E-state index < -0.39 is 28.4 Å². The van der Waals surface area contributed by atoms with Crippen molar-refractivity contribution in [1.82, 2.24) is 19.1 Å². The Morgan fingerprint density at radius 3 is 2.72 bits per heavy atom. The van der Waals surface area contributed by atoms with Crippen LogP contribution in [-0.2, 0) is 23.5 Å². The molecule has 0 radical (unpaired) electrons. The van der Waals surface area contributed by atoms with Crippen molar-refractivity contribution in [2.24, 2.45) is 7.05 Å². The van der Waals surface area contributed by atoms with Gasteiger partial charge in [-0.25, -0.2) is 22.7 Å². The zero-order chi connectivity index (χ0) is 21.2. The largest absolute Gasteiger partial charge is 0.492 e. The average Bonchev–Trinajstić information content (AvgIpc) is 3.48. The molecule has 9 nitrogen and oxygen atoms in total. The Morgan fingerprint density at radius 2 is 2.10 bits per heavy atom. The van der Waals surface area contributed by atoms with Gasteiger partial charge in [-0.15, -0.1) is 9.78 Å². The molecule has 1 fully saturated rings. The quantitative estimate of drug-likeness (QED) is 0.643. The maximum atomic E-state index is 13.0. The highest BCUT2D eigenvalue weighted by atomic mass is 32.2. The Balaban J connectivity index is 1.92. The van der Waals surface area contributed by atoms with Gasteiger partial charge in [0.2, 0.25) is 0 Å². The number of nitrogens with zero attached hydrogens (tertiary/aromatic N) is 3. The minimum absolute atomic E-state index is 0.00934. The minimum atomic E-state index is -4.37. The fourth-order valence-corrected chi connectivity index (χ4v) is 4.35. The Hall–Kier alpha value is -2.69. The summed E-state index contributed by atoms with van der Waals surface area (Å²) in [5, 5.41) is 3.99. The van der Waals surface area contributed by atoms with Crippen LogP contribution in [0.1, 0.15) is 43.5 Å². The molecule has 0 aliphatic heterocycles. The van der Waals surface area contributed by atoms with Gasteiger partial charge in [0.25, 0.3) is 10.0 Å². The topological polar surface area (TPSA) is 112 Å². The summed E-state index contributed by atoms with van der Waals surface area (Å²) in [6.45, 7) is 1.15. The molecule has 1 aromatic heterocycles. The van der Waals surface area contributed by atoms with Crippen molar-refractivity contribution in [3.63, 3.8) is 0 Å². The van der Waals surface area contributed by atoms with Crippen molar-refractivity contribution in [2.75, 3.05) is 13.3 Å². The molecule has 1 amide bonds. The number of amides is 1. The Morgan fingerprint density at radius 1 is 1.38 bits per heavy atom. The summed E-state index contributed by atoms with van der Waals surface area (Å²) in [5.74, 6) is 0.576. The lowest BCUT2D eigenvalue weighted by molar-refractivity contribution is 0.243. The van der Waals surface area contributed by atoms with Gasteiger partial charge in [0.05, 0.1) is 13.3 Å². The summed E-state index contributed by atoms with van der Waals surface area (Å²) >= 11 is 0. The summed E-state index contributed by atoms with van der Waals surface area (Å²) < 4.78 is 47.4. The first-order chi connectivity index (χ1) is 13.8. The van der Waals surface area contributed by atoms with Gasteiger partial charge < -0.3 is 4.74 Å². The number of halogens is 1. The number of hydrogen-bond acceptors (Lipinski definition) is 6. The van der Waals surface area contributed by atoms with Crippen LogP contribution in [0.5, 0.6) is 5.75 Å². The lowest BCUT2D eigenvalue weighted by atomic mass is 10.1. The molecule has 2 aromatic rings. The van der Waals surface area contributed by atoms with Crippen molar-refractivity contribution < 1.29 is 22.3 Å². The number of ether oxygens (including phenoxy) is 1. The van der Waals surface area contributed by atoms with Gasteiger partial charge in [-0.3, -0.25) is 8.96 Å². The average molecular weight is 426 g/mol. The summed E-state index contributed by atoms with van der Waals surface area (Å²) in [7, 11) is -2.88. The van der Waals surface area contributed by atoms with E-state index in [0.717, 1.165) is 12.8 Å². The minimum Gasteiger partial charge on any atom is -0.492 e. The van der Waals surface area contributed by atoms with Gasteiger partial charge in [0.15, 0.2) is 0 Å². The van der Waals surface area contributed by atoms with Crippen molar-refractivity contribution in [2.45, 2.75) is 43.4 Å².